The van der Waals surface area contributed by atoms with E-state index in [0.717, 1.165) is 11.2 Å². The summed E-state index contributed by atoms with van der Waals surface area (Å²) in [5.74, 6) is -2.17. The molecule has 2 aromatic carbocycles. The second kappa shape index (κ2) is 13.9. The Labute approximate surface area is 267 Å². The first kappa shape index (κ1) is 33.0. The Morgan fingerprint density at radius 2 is 1.77 bits per heavy atom. The SMILES string of the molecule is Cn1c(CNc2ccc(C(=N)N)cc2)nc2cc(C(=O)N(CCC(=O)OC3OC(C(=O)O)C(O)C(O)C3O)c3ccccn3)ccc21. The molecule has 0 radical (unpaired) electrons. The predicted molar refractivity (Wildman–Crippen MR) is 166 cm³/mol. The van der Waals surface area contributed by atoms with Crippen molar-refractivity contribution in [2.24, 2.45) is 12.8 Å². The van der Waals surface area contributed by atoms with Crippen LogP contribution in [0.1, 0.15) is 28.2 Å². The van der Waals surface area contributed by atoms with Crippen molar-refractivity contribution >= 4 is 46.2 Å². The average molecular weight is 648 g/mol. The minimum atomic E-state index is -1.94. The standard InChI is InChI=1S/C31H33N7O9/c1-37-20-10-7-17(14-19(20)36-22(37)15-35-18-8-5-16(6-9-18)28(32)33)29(43)38(21-4-2-3-12-34-21)13-11-23(39)46-31-26(42)24(40)25(41)27(47-31)30(44)45/h2-10,12,14,24-27,31,35,40-42H,11,13,15H2,1H3,(H3,32,33)(H,44,45). The largest absolute Gasteiger partial charge is 0.479 e. The first-order valence-electron chi connectivity index (χ1n) is 14.4. The number of imidazole rings is 1. The van der Waals surface area contributed by atoms with Gasteiger partial charge in [-0.05, 0) is 54.6 Å². The maximum atomic E-state index is 13.8. The maximum absolute atomic E-state index is 13.8. The molecule has 5 rings (SSSR count). The number of pyridine rings is 1. The zero-order valence-corrected chi connectivity index (χ0v) is 25.1. The summed E-state index contributed by atoms with van der Waals surface area (Å²) in [5.41, 5.74) is 8.53. The van der Waals surface area contributed by atoms with Gasteiger partial charge in [-0.1, -0.05) is 6.07 Å². The Morgan fingerprint density at radius 3 is 2.43 bits per heavy atom. The lowest BCUT2D eigenvalue weighted by atomic mass is 9.99. The molecule has 0 bridgehead atoms. The number of carboxylic acid groups (broad SMARTS) is 1. The second-order valence-corrected chi connectivity index (χ2v) is 10.8. The van der Waals surface area contributed by atoms with Crippen LogP contribution >= 0.6 is 0 Å². The van der Waals surface area contributed by atoms with Crippen LogP contribution in [-0.4, -0.2) is 95.9 Å². The lowest BCUT2D eigenvalue weighted by Gasteiger charge is -2.38. The van der Waals surface area contributed by atoms with Crippen LogP contribution < -0.4 is 16.0 Å². The van der Waals surface area contributed by atoms with Crippen molar-refractivity contribution in [1.82, 2.24) is 14.5 Å². The predicted octanol–water partition coefficient (Wildman–Crippen LogP) is 0.337. The molecule has 246 valence electrons. The van der Waals surface area contributed by atoms with E-state index in [0.29, 0.717) is 23.4 Å². The van der Waals surface area contributed by atoms with Gasteiger partial charge in [0.1, 0.15) is 35.8 Å². The number of anilines is 2. The highest BCUT2D eigenvalue weighted by molar-refractivity contribution is 6.07. The van der Waals surface area contributed by atoms with E-state index in [2.05, 4.69) is 10.3 Å². The molecule has 8 N–H and O–H groups in total. The second-order valence-electron chi connectivity index (χ2n) is 10.8. The Bertz CT molecular complexity index is 1780. The molecule has 5 atom stereocenters. The zero-order valence-electron chi connectivity index (χ0n) is 25.1. The van der Waals surface area contributed by atoms with Gasteiger partial charge in [-0.15, -0.1) is 0 Å². The topological polar surface area (TPSA) is 246 Å². The number of aliphatic carboxylic acids is 1. The van der Waals surface area contributed by atoms with E-state index < -0.39 is 55.0 Å². The minimum Gasteiger partial charge on any atom is -0.479 e. The van der Waals surface area contributed by atoms with Gasteiger partial charge in [0.25, 0.3) is 5.91 Å². The number of aliphatic hydroxyl groups excluding tert-OH is 3. The summed E-state index contributed by atoms with van der Waals surface area (Å²) in [6, 6.07) is 17.0. The third-order valence-corrected chi connectivity index (χ3v) is 7.64. The number of aryl methyl sites for hydroxylation is 1. The van der Waals surface area contributed by atoms with E-state index in [1.54, 1.807) is 48.5 Å². The molecule has 0 aliphatic carbocycles. The van der Waals surface area contributed by atoms with E-state index >= 15 is 0 Å². The Balaban J connectivity index is 1.29. The molecule has 1 aliphatic rings. The highest BCUT2D eigenvalue weighted by atomic mass is 16.7. The first-order chi connectivity index (χ1) is 22.4. The molecular formula is C31H33N7O9. The summed E-state index contributed by atoms with van der Waals surface area (Å²) in [5, 5.41) is 50.1. The van der Waals surface area contributed by atoms with Gasteiger partial charge in [0.05, 0.1) is 24.0 Å². The third-order valence-electron chi connectivity index (χ3n) is 7.64. The molecule has 0 saturated carbocycles. The van der Waals surface area contributed by atoms with Crippen LogP contribution in [0.2, 0.25) is 0 Å². The summed E-state index contributed by atoms with van der Waals surface area (Å²) >= 11 is 0. The van der Waals surface area contributed by atoms with Gasteiger partial charge < -0.3 is 45.5 Å². The van der Waals surface area contributed by atoms with Crippen molar-refractivity contribution in [2.45, 2.75) is 43.7 Å². The number of hydrogen-bond donors (Lipinski definition) is 7. The summed E-state index contributed by atoms with van der Waals surface area (Å²) in [6.45, 7) is 0.154. The van der Waals surface area contributed by atoms with Crippen LogP contribution in [0.5, 0.6) is 0 Å². The van der Waals surface area contributed by atoms with Gasteiger partial charge in [0, 0.05) is 36.6 Å². The highest BCUT2D eigenvalue weighted by Gasteiger charge is 2.48. The number of nitrogen functional groups attached to an aromatic ring is 1. The van der Waals surface area contributed by atoms with E-state index in [1.165, 1.54) is 11.1 Å². The monoisotopic (exact) mass is 647 g/mol. The number of ether oxygens (including phenoxy) is 2. The number of nitrogens with two attached hydrogens (primary N) is 1. The van der Waals surface area contributed by atoms with Crippen molar-refractivity contribution in [1.29, 1.82) is 5.41 Å². The number of rotatable bonds is 11. The molecule has 4 aromatic rings. The molecule has 3 heterocycles. The molecule has 1 saturated heterocycles. The van der Waals surface area contributed by atoms with Gasteiger partial charge in [-0.25, -0.2) is 14.8 Å². The number of nitrogens with zero attached hydrogens (tertiary/aromatic N) is 4. The van der Waals surface area contributed by atoms with Crippen molar-refractivity contribution in [3.63, 3.8) is 0 Å². The third kappa shape index (κ3) is 7.20. The molecule has 0 spiro atoms. The number of esters is 1. The first-order valence-corrected chi connectivity index (χ1v) is 14.4. The molecule has 1 fully saturated rings. The Kier molecular flexibility index (Phi) is 9.76. The summed E-state index contributed by atoms with van der Waals surface area (Å²) < 4.78 is 12.0. The van der Waals surface area contributed by atoms with E-state index in [-0.39, 0.29) is 23.8 Å². The van der Waals surface area contributed by atoms with Gasteiger partial charge >= 0.3 is 11.9 Å². The van der Waals surface area contributed by atoms with Crippen molar-refractivity contribution < 1.29 is 44.3 Å². The number of hydrogen-bond acceptors (Lipinski definition) is 12. The highest BCUT2D eigenvalue weighted by Crippen LogP contribution is 2.24. The summed E-state index contributed by atoms with van der Waals surface area (Å²) in [6.07, 6.45) is -8.52. The van der Waals surface area contributed by atoms with E-state index in [4.69, 9.17) is 25.6 Å². The summed E-state index contributed by atoms with van der Waals surface area (Å²) in [7, 11) is 1.85. The zero-order chi connectivity index (χ0) is 33.8. The molecular weight excluding hydrogens is 614 g/mol. The van der Waals surface area contributed by atoms with Crippen LogP contribution in [0.25, 0.3) is 11.0 Å². The van der Waals surface area contributed by atoms with Crippen LogP contribution in [0.4, 0.5) is 11.5 Å². The fourth-order valence-electron chi connectivity index (χ4n) is 5.02. The van der Waals surface area contributed by atoms with Gasteiger partial charge in [-0.2, -0.15) is 0 Å². The van der Waals surface area contributed by atoms with Gasteiger partial charge in [0.15, 0.2) is 6.10 Å². The molecule has 47 heavy (non-hydrogen) atoms. The minimum absolute atomic E-state index is 0.0226. The normalized spacial score (nSPS) is 20.8. The fourth-order valence-corrected chi connectivity index (χ4v) is 5.02. The van der Waals surface area contributed by atoms with Crippen LogP contribution in [0, 0.1) is 5.41 Å². The number of carbonyl (C=O) groups is 3. The Hall–Kier alpha value is -5.42. The number of amides is 1. The number of nitrogens with one attached hydrogen (secondary N) is 2. The van der Waals surface area contributed by atoms with Gasteiger partial charge in [-0.3, -0.25) is 19.9 Å². The van der Waals surface area contributed by atoms with E-state index in [9.17, 15) is 34.8 Å². The number of carbonyl (C=O) groups excluding carboxylic acids is 2. The van der Waals surface area contributed by atoms with Gasteiger partial charge in [0.2, 0.25) is 6.29 Å². The lowest BCUT2D eigenvalue weighted by Crippen LogP contribution is -2.60. The molecule has 5 unspecified atom stereocenters. The quantitative estimate of drug-likeness (QED) is 0.0660. The molecule has 1 aliphatic heterocycles. The van der Waals surface area contributed by atoms with Crippen LogP contribution in [0.15, 0.2) is 66.9 Å². The Morgan fingerprint density at radius 1 is 1.04 bits per heavy atom. The van der Waals surface area contributed by atoms with Crippen LogP contribution in [-0.2, 0) is 32.7 Å². The number of aromatic nitrogens is 3. The van der Waals surface area contributed by atoms with Crippen molar-refractivity contribution in [3.05, 3.63) is 83.8 Å². The molecule has 16 heteroatoms. The number of amidine groups is 1. The number of fused-ring (bicyclic) bond motifs is 1. The lowest BCUT2D eigenvalue weighted by molar-refractivity contribution is -0.286. The van der Waals surface area contributed by atoms with E-state index in [1.807, 2.05) is 23.7 Å². The number of benzene rings is 2. The molecule has 16 nitrogen and oxygen atoms in total. The number of carboxylic acids is 1. The van der Waals surface area contributed by atoms with Crippen molar-refractivity contribution in [3.8, 4) is 0 Å². The molecule has 1 amide bonds. The summed E-state index contributed by atoms with van der Waals surface area (Å²) in [4.78, 5) is 48.1. The maximum Gasteiger partial charge on any atom is 0.335 e. The van der Waals surface area contributed by atoms with Crippen molar-refractivity contribution in [2.75, 3.05) is 16.8 Å². The average Bonchev–Trinajstić information content (AvgIpc) is 3.38. The van der Waals surface area contributed by atoms with Crippen LogP contribution in [0.3, 0.4) is 0 Å². The smallest absolute Gasteiger partial charge is 0.335 e. The molecule has 2 aromatic heterocycles. The fraction of sp³-hybridized carbons (Fsp3) is 0.290. The number of aliphatic hydroxyl groups is 3.